The molecule has 1 aliphatic rings. The Kier molecular flexibility index (Phi) is 7.42. The molecule has 2 amide bonds. The third kappa shape index (κ3) is 5.20. The smallest absolute Gasteiger partial charge is 0.256 e. The van der Waals surface area contributed by atoms with E-state index in [1.807, 2.05) is 84.6 Å². The maximum atomic E-state index is 13.6. The first-order valence-electron chi connectivity index (χ1n) is 10.7. The van der Waals surface area contributed by atoms with Crippen LogP contribution in [0.4, 0.5) is 17.1 Å². The molecule has 9 heteroatoms. The molecule has 4 rings (SSSR count). The summed E-state index contributed by atoms with van der Waals surface area (Å²) in [6, 6.07) is 18.2. The Morgan fingerprint density at radius 1 is 1.09 bits per heavy atom. The van der Waals surface area contributed by atoms with Crippen molar-refractivity contribution in [2.75, 3.05) is 29.2 Å². The first-order valence-corrected chi connectivity index (χ1v) is 12.2. The molecule has 1 aromatic heterocycles. The number of benzene rings is 2. The van der Waals surface area contributed by atoms with Crippen LogP contribution >= 0.6 is 34.8 Å². The molecule has 1 saturated heterocycles. The molecule has 2 aromatic carbocycles. The Morgan fingerprint density at radius 3 is 2.41 bits per heavy atom. The largest absolute Gasteiger partial charge is 0.378 e. The fraction of sp³-hybridized carbons (Fsp3) is 0.200. The number of hydrogen-bond acceptors (Lipinski definition) is 5. The number of rotatable bonds is 7. The van der Waals surface area contributed by atoms with Crippen molar-refractivity contribution >= 4 is 68.8 Å². The number of aromatic nitrogens is 1. The van der Waals surface area contributed by atoms with Gasteiger partial charge in [-0.1, -0.05) is 12.1 Å². The van der Waals surface area contributed by atoms with Crippen LogP contribution in [0.1, 0.15) is 12.0 Å². The Bertz CT molecular complexity index is 1200. The van der Waals surface area contributed by atoms with Crippen LogP contribution in [0.3, 0.4) is 0 Å². The highest BCUT2D eigenvalue weighted by Crippen LogP contribution is 2.30. The van der Waals surface area contributed by atoms with Gasteiger partial charge >= 0.3 is 0 Å². The summed E-state index contributed by atoms with van der Waals surface area (Å²) in [5.74, 6) is -0.454. The first-order chi connectivity index (χ1) is 16.3. The van der Waals surface area contributed by atoms with Gasteiger partial charge in [0.2, 0.25) is 5.91 Å². The molecule has 1 fully saturated rings. The second-order valence-electron chi connectivity index (χ2n) is 8.10. The lowest BCUT2D eigenvalue weighted by molar-refractivity contribution is -0.124. The number of nitrogens with zero attached hydrogens (tertiary/aromatic N) is 4. The second-order valence-corrected chi connectivity index (χ2v) is 9.63. The molecule has 2 heterocycles. The minimum absolute atomic E-state index is 0.0126. The van der Waals surface area contributed by atoms with E-state index in [9.17, 15) is 9.59 Å². The fourth-order valence-electron chi connectivity index (χ4n) is 3.78. The highest BCUT2D eigenvalue weighted by Gasteiger charge is 2.44. The molecule has 7 nitrogen and oxygen atoms in total. The molecule has 0 radical (unpaired) electrons. The minimum atomic E-state index is -0.712. The molecule has 1 atom stereocenters. The number of thiocarbonyl (C=S) groups is 1. The average molecular weight is 585 g/mol. The molecule has 1 N–H and O–H groups in total. The zero-order chi connectivity index (χ0) is 24.2. The number of halogens is 1. The normalized spacial score (nSPS) is 15.6. The number of para-hydroxylation sites is 1. The van der Waals surface area contributed by atoms with E-state index in [1.165, 1.54) is 4.90 Å². The highest BCUT2D eigenvalue weighted by atomic mass is 127. The molecule has 34 heavy (non-hydrogen) atoms. The topological polar surface area (TPSA) is 68.8 Å². The van der Waals surface area contributed by atoms with Gasteiger partial charge in [-0.3, -0.25) is 19.5 Å². The average Bonchev–Trinajstić information content (AvgIpc) is 3.05. The van der Waals surface area contributed by atoms with E-state index < -0.39 is 6.04 Å². The molecule has 3 aromatic rings. The number of nitrogens with one attached hydrogen (secondary N) is 1. The van der Waals surface area contributed by atoms with Gasteiger partial charge in [-0.2, -0.15) is 0 Å². The Labute approximate surface area is 217 Å². The number of carbonyl (C=O) groups is 2. The Hall–Kier alpha value is -3.05. The number of hydrogen-bond donors (Lipinski definition) is 1. The summed E-state index contributed by atoms with van der Waals surface area (Å²) >= 11 is 7.93. The summed E-state index contributed by atoms with van der Waals surface area (Å²) in [7, 11) is 3.92. The first kappa shape index (κ1) is 24.1. The molecule has 1 aliphatic heterocycles. The van der Waals surface area contributed by atoms with E-state index in [2.05, 4.69) is 32.9 Å². The Morgan fingerprint density at radius 2 is 1.76 bits per heavy atom. The van der Waals surface area contributed by atoms with Crippen molar-refractivity contribution in [3.63, 3.8) is 0 Å². The molecule has 0 saturated carbocycles. The van der Waals surface area contributed by atoms with Crippen molar-refractivity contribution in [1.29, 1.82) is 0 Å². The third-order valence-electron chi connectivity index (χ3n) is 5.57. The summed E-state index contributed by atoms with van der Waals surface area (Å²) in [5.41, 5.74) is 3.38. The predicted molar refractivity (Wildman–Crippen MR) is 147 cm³/mol. The second kappa shape index (κ2) is 10.5. The summed E-state index contributed by atoms with van der Waals surface area (Å²) < 4.78 is 0.929. The van der Waals surface area contributed by atoms with Gasteiger partial charge in [-0.05, 0) is 88.9 Å². The van der Waals surface area contributed by atoms with Crippen LogP contribution in [0.5, 0.6) is 0 Å². The number of anilines is 3. The third-order valence-corrected chi connectivity index (χ3v) is 6.93. The lowest BCUT2D eigenvalue weighted by Crippen LogP contribution is -2.37. The van der Waals surface area contributed by atoms with Crippen molar-refractivity contribution in [2.24, 2.45) is 0 Å². The van der Waals surface area contributed by atoms with Crippen molar-refractivity contribution < 1.29 is 9.59 Å². The molecule has 0 aliphatic carbocycles. The Balaban J connectivity index is 1.61. The van der Waals surface area contributed by atoms with Gasteiger partial charge in [-0.25, -0.2) is 0 Å². The van der Waals surface area contributed by atoms with E-state index in [1.54, 1.807) is 12.4 Å². The monoisotopic (exact) mass is 585 g/mol. The van der Waals surface area contributed by atoms with Crippen LogP contribution in [0, 0.1) is 3.57 Å². The predicted octanol–water partition coefficient (Wildman–Crippen LogP) is 4.28. The van der Waals surface area contributed by atoms with Crippen molar-refractivity contribution in [1.82, 2.24) is 9.88 Å². The van der Waals surface area contributed by atoms with Gasteiger partial charge < -0.3 is 15.1 Å². The van der Waals surface area contributed by atoms with E-state index >= 15 is 0 Å². The van der Waals surface area contributed by atoms with Crippen molar-refractivity contribution in [3.8, 4) is 0 Å². The summed E-state index contributed by atoms with van der Waals surface area (Å²) in [6.07, 6.45) is 3.39. The minimum Gasteiger partial charge on any atom is -0.378 e. The van der Waals surface area contributed by atoms with Crippen LogP contribution in [-0.2, 0) is 16.1 Å². The van der Waals surface area contributed by atoms with Crippen LogP contribution in [0.25, 0.3) is 0 Å². The molecular formula is C25H24IN5O2S. The lowest BCUT2D eigenvalue weighted by atomic mass is 10.1. The maximum Gasteiger partial charge on any atom is 0.256 e. The number of amides is 2. The van der Waals surface area contributed by atoms with Gasteiger partial charge in [-0.15, -0.1) is 0 Å². The molecular weight excluding hydrogens is 561 g/mol. The quantitative estimate of drug-likeness (QED) is 0.330. The summed E-state index contributed by atoms with van der Waals surface area (Å²) in [4.78, 5) is 35.9. The highest BCUT2D eigenvalue weighted by molar-refractivity contribution is 14.1. The summed E-state index contributed by atoms with van der Waals surface area (Å²) in [5, 5.41) is 3.31. The van der Waals surface area contributed by atoms with E-state index in [0.717, 1.165) is 20.5 Å². The maximum absolute atomic E-state index is 13.6. The fourth-order valence-corrected chi connectivity index (χ4v) is 4.68. The number of carbonyl (C=O) groups excluding carboxylic acids is 2. The van der Waals surface area contributed by atoms with E-state index in [-0.39, 0.29) is 18.2 Å². The van der Waals surface area contributed by atoms with Gasteiger partial charge in [0, 0.05) is 42.3 Å². The van der Waals surface area contributed by atoms with Crippen molar-refractivity contribution in [3.05, 3.63) is 82.2 Å². The van der Waals surface area contributed by atoms with E-state index in [0.29, 0.717) is 17.3 Å². The molecule has 0 unspecified atom stereocenters. The van der Waals surface area contributed by atoms with Crippen LogP contribution in [0.2, 0.25) is 0 Å². The van der Waals surface area contributed by atoms with Crippen molar-refractivity contribution in [2.45, 2.75) is 19.0 Å². The molecule has 0 spiro atoms. The van der Waals surface area contributed by atoms with Crippen LogP contribution in [0.15, 0.2) is 73.1 Å². The van der Waals surface area contributed by atoms with Gasteiger partial charge in [0.15, 0.2) is 5.11 Å². The zero-order valence-electron chi connectivity index (χ0n) is 18.8. The zero-order valence-corrected chi connectivity index (χ0v) is 21.8. The van der Waals surface area contributed by atoms with E-state index in [4.69, 9.17) is 12.2 Å². The van der Waals surface area contributed by atoms with Crippen LogP contribution < -0.4 is 15.1 Å². The van der Waals surface area contributed by atoms with Crippen LogP contribution in [-0.4, -0.2) is 46.9 Å². The SMILES string of the molecule is CN(C)c1ccc(N2C(=O)[C@H](CC(=O)Nc3ccccc3I)N(Cc3ccncc3)C2=S)cc1. The molecule has 0 bridgehead atoms. The van der Waals surface area contributed by atoms with Gasteiger partial charge in [0.05, 0.1) is 17.8 Å². The summed E-state index contributed by atoms with van der Waals surface area (Å²) in [6.45, 7) is 0.403. The van der Waals surface area contributed by atoms with Gasteiger partial charge in [0.1, 0.15) is 6.04 Å². The van der Waals surface area contributed by atoms with Gasteiger partial charge in [0.25, 0.3) is 5.91 Å². The number of pyridine rings is 1. The standard InChI is InChI=1S/C25H24IN5O2S/c1-29(2)18-7-9-19(10-8-18)31-24(33)22(15-23(32)28-21-6-4-3-5-20(21)26)30(25(31)34)16-17-11-13-27-14-12-17/h3-14,22H,15-16H2,1-2H3,(H,28,32)/t22-/m0/s1. The molecule has 174 valence electrons. The lowest BCUT2D eigenvalue weighted by Gasteiger charge is -2.24.